The van der Waals surface area contributed by atoms with Crippen LogP contribution in [-0.4, -0.2) is 39.0 Å². The lowest BCUT2D eigenvalue weighted by atomic mass is 9.96. The van der Waals surface area contributed by atoms with Crippen molar-refractivity contribution >= 4 is 66.4 Å². The van der Waals surface area contributed by atoms with Crippen LogP contribution in [0.5, 0.6) is 0 Å². The van der Waals surface area contributed by atoms with Crippen LogP contribution in [0.3, 0.4) is 0 Å². The van der Waals surface area contributed by atoms with Crippen molar-refractivity contribution in [2.24, 2.45) is 0 Å². The molecule has 19 aromatic rings. The summed E-state index contributed by atoms with van der Waals surface area (Å²) < 4.78 is 4.68. The van der Waals surface area contributed by atoms with Crippen molar-refractivity contribution < 1.29 is 0 Å². The molecule has 0 atom stereocenters. The first-order chi connectivity index (χ1) is 55.3. The number of benzene rings is 15. The van der Waals surface area contributed by atoms with Crippen LogP contribution in [0.25, 0.3) is 209 Å². The molecule has 15 aromatic carbocycles. The van der Waals surface area contributed by atoms with Crippen molar-refractivity contribution in [1.29, 1.82) is 0 Å². The quantitative estimate of drug-likeness (QED) is 0.100. The van der Waals surface area contributed by atoms with E-state index in [9.17, 15) is 0 Å². The van der Waals surface area contributed by atoms with E-state index in [4.69, 9.17) is 56.2 Å². The van der Waals surface area contributed by atoms with Crippen molar-refractivity contribution in [3.05, 3.63) is 398 Å². The van der Waals surface area contributed by atoms with Crippen LogP contribution in [0.15, 0.2) is 352 Å². The summed E-state index contributed by atoms with van der Waals surface area (Å²) in [5.74, 6) is 3.13. The molecule has 4 heterocycles. The van der Waals surface area contributed by atoms with Gasteiger partial charge in [-0.25, -0.2) is 49.3 Å². The molecule has 0 aliphatic rings. The van der Waals surface area contributed by atoms with Crippen LogP contribution < -0.4 is 0 Å². The normalized spacial score (nSPS) is 11.2. The Kier molecular flexibility index (Phi) is 16.8. The van der Waals surface area contributed by atoms with Gasteiger partial charge in [-0.15, -0.1) is 0 Å². The largest absolute Gasteiger partial charge is 0.308 e. The van der Waals surface area contributed by atoms with Crippen LogP contribution >= 0.6 is 0 Å². The molecule has 0 unspecified atom stereocenters. The molecule has 0 spiro atoms. The Morgan fingerprint density at radius 2 is 0.393 bits per heavy atom. The molecule has 0 fully saturated rings. The van der Waals surface area contributed by atoms with Crippen molar-refractivity contribution in [1.82, 2.24) is 39.0 Å². The zero-order chi connectivity index (χ0) is 75.2. The second kappa shape index (κ2) is 28.3. The van der Waals surface area contributed by atoms with E-state index < -0.39 is 0 Å². The first kappa shape index (κ1) is 66.6. The van der Waals surface area contributed by atoms with Crippen LogP contribution in [0.2, 0.25) is 0 Å². The maximum Gasteiger partial charge on any atom is 0.187 e. The van der Waals surface area contributed by atoms with E-state index in [2.05, 4.69) is 162 Å². The fourth-order valence-corrected chi connectivity index (χ4v) is 15.1. The van der Waals surface area contributed by atoms with Crippen molar-refractivity contribution in [3.8, 4) is 146 Å². The van der Waals surface area contributed by atoms with Crippen LogP contribution in [0, 0.1) is 26.3 Å². The summed E-state index contributed by atoms with van der Waals surface area (Å²) in [5.41, 5.74) is 24.4. The lowest BCUT2D eigenvalue weighted by Crippen LogP contribution is -2.04. The Morgan fingerprint density at radius 3 is 0.652 bits per heavy atom. The van der Waals surface area contributed by atoms with E-state index in [0.717, 1.165) is 155 Å². The monoisotopic (exact) mass is 1430 g/mol. The van der Waals surface area contributed by atoms with Crippen molar-refractivity contribution in [3.63, 3.8) is 0 Å². The number of nitrogens with zero attached hydrogens (tertiary/aromatic N) is 12. The van der Waals surface area contributed by atoms with Gasteiger partial charge in [-0.05, 0) is 146 Å². The minimum atomic E-state index is 0.492. The van der Waals surface area contributed by atoms with E-state index in [1.165, 1.54) is 0 Å². The molecule has 12 nitrogen and oxygen atoms in total. The lowest BCUT2D eigenvalue weighted by molar-refractivity contribution is 1.06. The highest BCUT2D eigenvalue weighted by Gasteiger charge is 2.25. The summed E-state index contributed by atoms with van der Waals surface area (Å²) in [5, 5.41) is 4.05. The molecular weight excluding hydrogens is 1370 g/mol. The van der Waals surface area contributed by atoms with Gasteiger partial charge in [-0.2, -0.15) is 0 Å². The van der Waals surface area contributed by atoms with Gasteiger partial charge in [0.2, 0.25) is 0 Å². The van der Waals surface area contributed by atoms with E-state index >= 15 is 0 Å². The zero-order valence-electron chi connectivity index (χ0n) is 59.9. The van der Waals surface area contributed by atoms with Crippen molar-refractivity contribution in [2.75, 3.05) is 0 Å². The Labute approximate surface area is 645 Å². The molecule has 0 bridgehead atoms. The summed E-state index contributed by atoms with van der Waals surface area (Å²) in [6, 6.07) is 119. The van der Waals surface area contributed by atoms with Crippen LogP contribution in [0.1, 0.15) is 0 Å². The third kappa shape index (κ3) is 12.4. The predicted molar refractivity (Wildman–Crippen MR) is 452 cm³/mol. The number of hydrogen-bond donors (Lipinski definition) is 0. The molecule has 112 heavy (non-hydrogen) atoms. The van der Waals surface area contributed by atoms with Gasteiger partial charge >= 0.3 is 0 Å². The molecule has 0 radical (unpaired) electrons. The molecule has 518 valence electrons. The summed E-state index contributed by atoms with van der Waals surface area (Å²) in [6.45, 7) is 30.9. The number of aromatic nitrogens is 8. The molecule has 0 saturated carbocycles. The topological polar surface area (TPSA) is 105 Å². The van der Waals surface area contributed by atoms with Gasteiger partial charge in [-0.1, -0.05) is 273 Å². The van der Waals surface area contributed by atoms with Gasteiger partial charge in [0.15, 0.2) is 57.7 Å². The third-order valence-corrected chi connectivity index (χ3v) is 20.7. The van der Waals surface area contributed by atoms with Gasteiger partial charge in [0.25, 0.3) is 0 Å². The number of rotatable bonds is 14. The average Bonchev–Trinajstić information content (AvgIpc) is 1.57. The Bertz CT molecular complexity index is 6340. The predicted octanol–water partition coefficient (Wildman–Crippen LogP) is 26.5. The summed E-state index contributed by atoms with van der Waals surface area (Å²) in [7, 11) is 0. The highest BCUT2D eigenvalue weighted by molar-refractivity contribution is 6.14. The lowest BCUT2D eigenvalue weighted by Gasteiger charge is -2.18. The van der Waals surface area contributed by atoms with Crippen LogP contribution in [0.4, 0.5) is 22.7 Å². The second-order valence-electron chi connectivity index (χ2n) is 27.4. The van der Waals surface area contributed by atoms with Gasteiger partial charge in [-0.3, -0.25) is 0 Å². The van der Waals surface area contributed by atoms with Gasteiger partial charge in [0.1, 0.15) is 0 Å². The highest BCUT2D eigenvalue weighted by Crippen LogP contribution is 2.45. The average molecular weight is 1430 g/mol. The second-order valence-corrected chi connectivity index (χ2v) is 27.4. The van der Waals surface area contributed by atoms with Crippen molar-refractivity contribution in [2.45, 2.75) is 0 Å². The molecule has 0 amide bonds. The van der Waals surface area contributed by atoms with E-state index in [1.54, 1.807) is 0 Å². The highest BCUT2D eigenvalue weighted by atomic mass is 15.1. The Hall–Kier alpha value is -16.1. The first-order valence-corrected chi connectivity index (χ1v) is 36.5. The Balaban J connectivity index is 0.837. The summed E-state index contributed by atoms with van der Waals surface area (Å²) in [4.78, 5) is 46.7. The zero-order valence-corrected chi connectivity index (χ0v) is 59.9. The van der Waals surface area contributed by atoms with Gasteiger partial charge < -0.3 is 9.13 Å². The molecule has 4 aromatic heterocycles. The fourth-order valence-electron chi connectivity index (χ4n) is 15.1. The number of hydrogen-bond acceptors (Lipinski definition) is 6. The molecule has 0 N–H and O–H groups in total. The molecular formula is C100H58N12. The SMILES string of the molecule is [C-]#[N+]c1ccc(-c2ccc3c(c2)c2cc(-c4ccc([N+]#[C-])cc4)ccc2n3-c2cc(-c3cccc(-c4ccc(-c5nc(-c6ccccc6)nc(-c6ccccc6)n5)c(-n5c6ccc(-c7ccc([N+]#[C-])cc7)cc6c6cc(-c7ccc([N+]#[C-])cc7)ccc65)c4)c3)ccc2-c2nc(-c3ccccc3)nc(-c3ccccc3)n2)cc1. The van der Waals surface area contributed by atoms with E-state index in [-0.39, 0.29) is 0 Å². The van der Waals surface area contributed by atoms with Crippen LogP contribution in [-0.2, 0) is 0 Å². The minimum absolute atomic E-state index is 0.492. The molecule has 0 saturated heterocycles. The first-order valence-electron chi connectivity index (χ1n) is 36.5. The maximum absolute atomic E-state index is 7.73. The smallest absolute Gasteiger partial charge is 0.187 e. The summed E-state index contributed by atoms with van der Waals surface area (Å²) in [6.07, 6.45) is 0. The third-order valence-electron chi connectivity index (χ3n) is 20.7. The molecule has 19 rings (SSSR count). The molecule has 12 heteroatoms. The summed E-state index contributed by atoms with van der Waals surface area (Å²) >= 11 is 0. The molecule has 0 aliphatic heterocycles. The standard InChI is InChI=1S/C100H58N12/c1-101-79-42-28-63(29-43-79)73-38-52-89-85(57-73)86-58-74(64-30-44-80(102-2)45-31-64)39-53-90(86)111(89)93-61-77(36-50-83(93)99-107-95(67-18-9-5-10-19-67)105-96(108-99)68-20-11-6-12-21-68)71-26-17-27-72(56-71)78-37-51-84(100-109-97(69-22-13-7-14-23-69)106-98(110-100)70-24-15-8-16-25-70)94(62-78)112-91-54-40-75(65-32-46-81(103-3)47-33-65)59-87(91)88-60-76(41-55-92(88)112)66-34-48-82(104-4)49-35-66/h5-62H. The molecule has 0 aliphatic carbocycles. The van der Waals surface area contributed by atoms with Gasteiger partial charge in [0.05, 0.1) is 59.7 Å². The minimum Gasteiger partial charge on any atom is -0.308 e. The number of fused-ring (bicyclic) bond motifs is 6. The van der Waals surface area contributed by atoms with E-state index in [1.807, 2.05) is 218 Å². The Morgan fingerprint density at radius 1 is 0.179 bits per heavy atom. The van der Waals surface area contributed by atoms with E-state index in [0.29, 0.717) is 57.7 Å². The fraction of sp³-hybridized carbons (Fsp3) is 0. The maximum atomic E-state index is 7.73. The van der Waals surface area contributed by atoms with Gasteiger partial charge in [0, 0.05) is 54.9 Å².